The predicted octanol–water partition coefficient (Wildman–Crippen LogP) is 5.25. The number of thiazole rings is 1. The predicted molar refractivity (Wildman–Crippen MR) is 133 cm³/mol. The van der Waals surface area contributed by atoms with E-state index in [1.54, 1.807) is 11.3 Å². The van der Waals surface area contributed by atoms with Crippen molar-refractivity contribution < 1.29 is 0 Å². The average Bonchev–Trinajstić information content (AvgIpc) is 3.14. The van der Waals surface area contributed by atoms with Crippen molar-refractivity contribution in [3.63, 3.8) is 0 Å². The van der Waals surface area contributed by atoms with Gasteiger partial charge in [-0.05, 0) is 30.5 Å². The van der Waals surface area contributed by atoms with E-state index >= 15 is 0 Å². The van der Waals surface area contributed by atoms with Crippen molar-refractivity contribution in [3.8, 4) is 0 Å². The van der Waals surface area contributed by atoms with Crippen LogP contribution >= 0.6 is 11.3 Å². The van der Waals surface area contributed by atoms with Gasteiger partial charge in [-0.2, -0.15) is 0 Å². The molecule has 6 heteroatoms. The molecule has 3 heterocycles. The van der Waals surface area contributed by atoms with Gasteiger partial charge in [0.05, 0.1) is 22.6 Å². The van der Waals surface area contributed by atoms with Gasteiger partial charge in [0.15, 0.2) is 0 Å². The zero-order chi connectivity index (χ0) is 21.5. The summed E-state index contributed by atoms with van der Waals surface area (Å²) in [6.07, 6.45) is 4.26. The molecule has 0 bridgehead atoms. The van der Waals surface area contributed by atoms with Gasteiger partial charge in [-0.25, -0.2) is 4.98 Å². The number of aliphatic imine (C=N–C) groups is 1. The van der Waals surface area contributed by atoms with E-state index in [2.05, 4.69) is 70.1 Å². The Kier molecular flexibility index (Phi) is 7.46. The zero-order valence-corrected chi connectivity index (χ0v) is 19.1. The Labute approximate surface area is 189 Å². The lowest BCUT2D eigenvalue weighted by molar-refractivity contribution is 0.400. The molecule has 2 aliphatic heterocycles. The molecule has 162 valence electrons. The second kappa shape index (κ2) is 10.7. The highest BCUT2D eigenvalue weighted by atomic mass is 32.1. The summed E-state index contributed by atoms with van der Waals surface area (Å²) in [5, 5.41) is 12.6. The summed E-state index contributed by atoms with van der Waals surface area (Å²) in [4.78, 5) is 9.06. The highest BCUT2D eigenvalue weighted by molar-refractivity contribution is 7.16. The third-order valence-electron chi connectivity index (χ3n) is 5.39. The van der Waals surface area contributed by atoms with Crippen LogP contribution in [0, 0.1) is 0 Å². The molecule has 0 radical (unpaired) electrons. The van der Waals surface area contributed by atoms with Crippen LogP contribution in [0.25, 0.3) is 0 Å². The highest BCUT2D eigenvalue weighted by Gasteiger charge is 2.15. The van der Waals surface area contributed by atoms with Gasteiger partial charge >= 0.3 is 0 Å². The summed E-state index contributed by atoms with van der Waals surface area (Å²) < 4.78 is 0. The van der Waals surface area contributed by atoms with Gasteiger partial charge in [-0.3, -0.25) is 4.99 Å². The molecule has 1 aromatic heterocycles. The van der Waals surface area contributed by atoms with Crippen molar-refractivity contribution in [1.29, 1.82) is 0 Å². The first-order chi connectivity index (χ1) is 15.2. The van der Waals surface area contributed by atoms with Gasteiger partial charge in [-0.1, -0.05) is 56.3 Å². The minimum Gasteiger partial charge on any atom is -0.344 e. The molecule has 5 nitrogen and oxygen atoms in total. The number of benzene rings is 2. The van der Waals surface area contributed by atoms with Crippen LogP contribution in [0.3, 0.4) is 0 Å². The van der Waals surface area contributed by atoms with Gasteiger partial charge in [-0.15, -0.1) is 11.3 Å². The van der Waals surface area contributed by atoms with Gasteiger partial charge in [0.25, 0.3) is 0 Å². The van der Waals surface area contributed by atoms with Crippen molar-refractivity contribution >= 4 is 33.9 Å². The number of anilines is 2. The number of hydrogen-bond acceptors (Lipinski definition) is 6. The molecular formula is C25H31N5S. The highest BCUT2D eigenvalue weighted by Crippen LogP contribution is 2.36. The first kappa shape index (κ1) is 21.7. The van der Waals surface area contributed by atoms with E-state index < -0.39 is 0 Å². The number of nitrogens with zero attached hydrogens (tertiary/aromatic N) is 2. The molecule has 0 spiro atoms. The SMILES string of the molecule is CC(C)c1nc2c(s1)Nc1ccccc1N=C2.c1ccc(CCC2CNCCN2)cc1. The molecule has 0 aliphatic carbocycles. The maximum absolute atomic E-state index is 4.60. The summed E-state index contributed by atoms with van der Waals surface area (Å²) >= 11 is 1.71. The van der Waals surface area contributed by atoms with E-state index in [0.29, 0.717) is 12.0 Å². The Morgan fingerprint density at radius 2 is 1.84 bits per heavy atom. The van der Waals surface area contributed by atoms with Gasteiger partial charge in [0.2, 0.25) is 0 Å². The molecule has 1 unspecified atom stereocenters. The summed E-state index contributed by atoms with van der Waals surface area (Å²) in [5.74, 6) is 0.456. The van der Waals surface area contributed by atoms with E-state index in [9.17, 15) is 0 Å². The fourth-order valence-electron chi connectivity index (χ4n) is 3.62. The first-order valence-corrected chi connectivity index (χ1v) is 11.9. The van der Waals surface area contributed by atoms with E-state index in [4.69, 9.17) is 0 Å². The molecule has 0 amide bonds. The average molecular weight is 434 g/mol. The van der Waals surface area contributed by atoms with Crippen LogP contribution in [0.4, 0.5) is 16.4 Å². The second-order valence-electron chi connectivity index (χ2n) is 8.20. The fourth-order valence-corrected chi connectivity index (χ4v) is 4.57. The number of piperazine rings is 1. The Hall–Kier alpha value is -2.54. The molecule has 5 rings (SSSR count). The summed E-state index contributed by atoms with van der Waals surface area (Å²) in [6.45, 7) is 7.65. The Morgan fingerprint density at radius 3 is 2.61 bits per heavy atom. The lowest BCUT2D eigenvalue weighted by Gasteiger charge is -2.24. The molecule has 31 heavy (non-hydrogen) atoms. The maximum atomic E-state index is 4.60. The molecule has 0 saturated carbocycles. The van der Waals surface area contributed by atoms with Crippen LogP contribution in [-0.2, 0) is 6.42 Å². The first-order valence-electron chi connectivity index (χ1n) is 11.1. The van der Waals surface area contributed by atoms with Crippen LogP contribution in [0.15, 0.2) is 59.6 Å². The number of nitrogens with one attached hydrogen (secondary N) is 3. The van der Waals surface area contributed by atoms with E-state index in [-0.39, 0.29) is 0 Å². The lowest BCUT2D eigenvalue weighted by Crippen LogP contribution is -2.48. The molecule has 1 atom stereocenters. The third-order valence-corrected chi connectivity index (χ3v) is 6.68. The van der Waals surface area contributed by atoms with Crippen LogP contribution in [0.5, 0.6) is 0 Å². The molecule has 2 aromatic carbocycles. The normalized spacial score (nSPS) is 17.1. The van der Waals surface area contributed by atoms with E-state index in [1.807, 2.05) is 30.5 Å². The topological polar surface area (TPSA) is 61.3 Å². The molecule has 1 saturated heterocycles. The summed E-state index contributed by atoms with van der Waals surface area (Å²) in [7, 11) is 0. The van der Waals surface area contributed by atoms with Gasteiger partial charge < -0.3 is 16.0 Å². The maximum Gasteiger partial charge on any atom is 0.122 e. The minimum atomic E-state index is 0.456. The summed E-state index contributed by atoms with van der Waals surface area (Å²) in [5.41, 5.74) is 4.39. The Balaban J connectivity index is 0.000000152. The van der Waals surface area contributed by atoms with E-state index in [0.717, 1.165) is 46.7 Å². The minimum absolute atomic E-state index is 0.456. The van der Waals surface area contributed by atoms with Crippen molar-refractivity contribution in [2.75, 3.05) is 25.0 Å². The fraction of sp³-hybridized carbons (Fsp3) is 0.360. The van der Waals surface area contributed by atoms with Crippen LogP contribution in [0.1, 0.15) is 42.5 Å². The summed E-state index contributed by atoms with van der Waals surface area (Å²) in [6, 6.07) is 19.4. The van der Waals surface area contributed by atoms with Crippen molar-refractivity contribution in [3.05, 3.63) is 70.9 Å². The van der Waals surface area contributed by atoms with Gasteiger partial charge in [0.1, 0.15) is 10.7 Å². The number of fused-ring (bicyclic) bond motifs is 2. The monoisotopic (exact) mass is 433 g/mol. The largest absolute Gasteiger partial charge is 0.344 e. The zero-order valence-electron chi connectivity index (χ0n) is 18.3. The van der Waals surface area contributed by atoms with Crippen LogP contribution in [-0.4, -0.2) is 36.9 Å². The quantitative estimate of drug-likeness (QED) is 0.411. The second-order valence-corrected chi connectivity index (χ2v) is 9.23. The van der Waals surface area contributed by atoms with Crippen molar-refractivity contribution in [2.45, 2.75) is 38.6 Å². The molecular weight excluding hydrogens is 402 g/mol. The smallest absolute Gasteiger partial charge is 0.122 e. The number of rotatable bonds is 4. The molecule has 3 N–H and O–H groups in total. The molecule has 2 aliphatic rings. The lowest BCUT2D eigenvalue weighted by atomic mass is 10.0. The van der Waals surface area contributed by atoms with Crippen LogP contribution < -0.4 is 16.0 Å². The Morgan fingerprint density at radius 1 is 1.03 bits per heavy atom. The van der Waals surface area contributed by atoms with E-state index in [1.165, 1.54) is 18.4 Å². The third kappa shape index (κ3) is 6.00. The number of hydrogen-bond donors (Lipinski definition) is 3. The number of aryl methyl sites for hydroxylation is 1. The molecule has 1 fully saturated rings. The standard InChI is InChI=1S/C13H13N3S.C12H18N2/c1-8(2)12-16-11-7-14-9-5-3-4-6-10(9)15-13(11)17-12;1-2-4-11(5-3-1)6-7-12-10-13-8-9-14-12/h3-8,15H,1-2H3;1-5,12-14H,6-10H2. The Bertz CT molecular complexity index is 990. The van der Waals surface area contributed by atoms with Gasteiger partial charge in [0, 0.05) is 31.6 Å². The number of para-hydroxylation sites is 2. The van der Waals surface area contributed by atoms with Crippen molar-refractivity contribution in [1.82, 2.24) is 15.6 Å². The number of aromatic nitrogens is 1. The molecule has 3 aromatic rings. The van der Waals surface area contributed by atoms with Crippen LogP contribution in [0.2, 0.25) is 0 Å². The van der Waals surface area contributed by atoms with Crippen molar-refractivity contribution in [2.24, 2.45) is 4.99 Å².